The maximum atomic E-state index is 12.8. The van der Waals surface area contributed by atoms with Gasteiger partial charge in [-0.1, -0.05) is 49.4 Å². The lowest BCUT2D eigenvalue weighted by Gasteiger charge is -2.34. The van der Waals surface area contributed by atoms with Crippen molar-refractivity contribution in [3.63, 3.8) is 0 Å². The van der Waals surface area contributed by atoms with Crippen LogP contribution >= 0.6 is 0 Å². The van der Waals surface area contributed by atoms with E-state index in [0.29, 0.717) is 22.9 Å². The zero-order chi connectivity index (χ0) is 22.7. The van der Waals surface area contributed by atoms with Gasteiger partial charge in [0.15, 0.2) is 6.29 Å². The molecule has 2 aromatic carbocycles. The monoisotopic (exact) mass is 434 g/mol. The summed E-state index contributed by atoms with van der Waals surface area (Å²) < 4.78 is 6.87. The lowest BCUT2D eigenvalue weighted by molar-refractivity contribution is -0.130. The normalized spacial score (nSPS) is 20.3. The molecule has 1 aliphatic rings. The lowest BCUT2D eigenvalue weighted by Crippen LogP contribution is -2.57. The predicted octanol–water partition coefficient (Wildman–Crippen LogP) is 3.40. The number of amides is 3. The van der Waals surface area contributed by atoms with Crippen LogP contribution in [0, 0.1) is 5.92 Å². The van der Waals surface area contributed by atoms with E-state index in [-0.39, 0.29) is 17.9 Å². The molecule has 3 aromatic rings. The molecular formula is C23H26N6O3. The van der Waals surface area contributed by atoms with Crippen LogP contribution in [-0.4, -0.2) is 34.9 Å². The number of ether oxygens (including phenoxy) is 1. The van der Waals surface area contributed by atoms with Crippen molar-refractivity contribution in [3.8, 4) is 17.0 Å². The zero-order valence-electron chi connectivity index (χ0n) is 18.1. The molecule has 0 bridgehead atoms. The minimum atomic E-state index is -0.604. The highest BCUT2D eigenvalue weighted by molar-refractivity contribution is 6.00. The number of nitrogens with zero attached hydrogens (tertiary/aromatic N) is 2. The summed E-state index contributed by atoms with van der Waals surface area (Å²) in [5.74, 6) is 0.712. The summed E-state index contributed by atoms with van der Waals surface area (Å²) in [6, 6.07) is 18.0. The van der Waals surface area contributed by atoms with E-state index in [2.05, 4.69) is 26.4 Å². The summed E-state index contributed by atoms with van der Waals surface area (Å²) >= 11 is 0. The van der Waals surface area contributed by atoms with Gasteiger partial charge >= 0.3 is 6.03 Å². The highest BCUT2D eigenvalue weighted by atomic mass is 16.5. The van der Waals surface area contributed by atoms with E-state index in [1.54, 1.807) is 36.1 Å². The van der Waals surface area contributed by atoms with Crippen LogP contribution < -0.4 is 26.0 Å². The van der Waals surface area contributed by atoms with E-state index in [1.807, 2.05) is 50.2 Å². The molecular weight excluding hydrogens is 408 g/mol. The number of hydrogen-bond donors (Lipinski definition) is 4. The Hall–Kier alpha value is -3.85. The molecule has 166 valence electrons. The van der Waals surface area contributed by atoms with Gasteiger partial charge in [0.2, 0.25) is 5.91 Å². The van der Waals surface area contributed by atoms with Crippen molar-refractivity contribution in [2.75, 3.05) is 17.7 Å². The summed E-state index contributed by atoms with van der Waals surface area (Å²) in [5, 5.41) is 16.6. The van der Waals surface area contributed by atoms with Crippen molar-refractivity contribution >= 4 is 23.4 Å². The van der Waals surface area contributed by atoms with Crippen LogP contribution in [-0.2, 0) is 4.79 Å². The van der Waals surface area contributed by atoms with Gasteiger partial charge in [-0.05, 0) is 19.1 Å². The fourth-order valence-corrected chi connectivity index (χ4v) is 3.51. The summed E-state index contributed by atoms with van der Waals surface area (Å²) in [5.41, 5.74) is 2.09. The minimum absolute atomic E-state index is 0.0617. The van der Waals surface area contributed by atoms with Gasteiger partial charge < -0.3 is 15.4 Å². The van der Waals surface area contributed by atoms with Crippen LogP contribution in [0.1, 0.15) is 20.1 Å². The van der Waals surface area contributed by atoms with Crippen LogP contribution in [0.4, 0.5) is 16.3 Å². The van der Waals surface area contributed by atoms with Crippen molar-refractivity contribution in [3.05, 3.63) is 60.7 Å². The van der Waals surface area contributed by atoms with Gasteiger partial charge in [0.25, 0.3) is 0 Å². The van der Waals surface area contributed by atoms with Gasteiger partial charge in [0.1, 0.15) is 11.6 Å². The molecule has 3 atom stereocenters. The molecule has 1 aliphatic heterocycles. The third kappa shape index (κ3) is 4.42. The number of para-hydroxylation sites is 2. The first-order valence-electron chi connectivity index (χ1n) is 10.4. The Morgan fingerprint density at radius 3 is 2.50 bits per heavy atom. The lowest BCUT2D eigenvalue weighted by atomic mass is 10.0. The Morgan fingerprint density at radius 1 is 1.06 bits per heavy atom. The van der Waals surface area contributed by atoms with Gasteiger partial charge in [-0.15, -0.1) is 0 Å². The van der Waals surface area contributed by atoms with Crippen LogP contribution in [0.15, 0.2) is 60.7 Å². The average molecular weight is 435 g/mol. The first-order valence-corrected chi connectivity index (χ1v) is 10.4. The van der Waals surface area contributed by atoms with Crippen molar-refractivity contribution in [1.82, 2.24) is 20.4 Å². The highest BCUT2D eigenvalue weighted by Crippen LogP contribution is 2.27. The molecule has 0 spiro atoms. The van der Waals surface area contributed by atoms with E-state index in [0.717, 1.165) is 5.56 Å². The molecule has 3 amide bonds. The zero-order valence-corrected chi connectivity index (χ0v) is 18.1. The van der Waals surface area contributed by atoms with Gasteiger partial charge in [-0.2, -0.15) is 5.10 Å². The van der Waals surface area contributed by atoms with E-state index in [9.17, 15) is 9.59 Å². The van der Waals surface area contributed by atoms with Gasteiger partial charge in [-0.25, -0.2) is 9.48 Å². The van der Waals surface area contributed by atoms with E-state index in [4.69, 9.17) is 4.74 Å². The van der Waals surface area contributed by atoms with Crippen LogP contribution in [0.3, 0.4) is 0 Å². The summed E-state index contributed by atoms with van der Waals surface area (Å²) in [6.45, 7) is 3.81. The Morgan fingerprint density at radius 2 is 1.78 bits per heavy atom. The Balaban J connectivity index is 1.63. The summed E-state index contributed by atoms with van der Waals surface area (Å²) in [6.07, 6.45) is -0.604. The molecule has 32 heavy (non-hydrogen) atoms. The maximum absolute atomic E-state index is 12.8. The molecule has 9 heteroatoms. The molecule has 1 saturated heterocycles. The highest BCUT2D eigenvalue weighted by Gasteiger charge is 2.32. The Bertz CT molecular complexity index is 1110. The molecule has 9 nitrogen and oxygen atoms in total. The van der Waals surface area contributed by atoms with Crippen LogP contribution in [0.2, 0.25) is 0 Å². The third-order valence-electron chi connectivity index (χ3n) is 5.51. The standard InChI is InChI=1S/C23H26N6O3/c1-14-15(2)24-22(27-21(14)30)29-20(13-18(28-29)16-9-5-4-6-10-16)26-23(31)25-17-11-7-8-12-19(17)32-3/h4-15,22,24H,1-3H3,(H,27,30)(H2,25,26,31). The fraction of sp³-hybridized carbons (Fsp3) is 0.261. The molecule has 4 rings (SSSR count). The first-order chi connectivity index (χ1) is 15.5. The molecule has 0 saturated carbocycles. The molecule has 3 unspecified atom stereocenters. The van der Waals surface area contributed by atoms with Crippen LogP contribution in [0.25, 0.3) is 11.3 Å². The molecule has 1 fully saturated rings. The largest absolute Gasteiger partial charge is 0.495 e. The molecule has 0 aliphatic carbocycles. The maximum Gasteiger partial charge on any atom is 0.324 e. The SMILES string of the molecule is COc1ccccc1NC(=O)Nc1cc(-c2ccccc2)nn1C1NC(=O)C(C)C(C)N1. The minimum Gasteiger partial charge on any atom is -0.495 e. The predicted molar refractivity (Wildman–Crippen MR) is 122 cm³/mol. The second kappa shape index (κ2) is 9.11. The van der Waals surface area contributed by atoms with Crippen molar-refractivity contribution in [2.45, 2.75) is 26.2 Å². The van der Waals surface area contributed by atoms with Gasteiger partial charge in [-0.3, -0.25) is 15.4 Å². The van der Waals surface area contributed by atoms with E-state index in [1.165, 1.54) is 0 Å². The number of urea groups is 1. The van der Waals surface area contributed by atoms with Gasteiger partial charge in [0.05, 0.1) is 24.4 Å². The number of rotatable bonds is 5. The average Bonchev–Trinajstić information content (AvgIpc) is 3.21. The number of aromatic nitrogens is 2. The Kier molecular flexibility index (Phi) is 6.09. The number of benzene rings is 2. The number of methoxy groups -OCH3 is 1. The first kappa shape index (κ1) is 21.4. The Labute approximate surface area is 186 Å². The molecule has 1 aromatic heterocycles. The number of carbonyl (C=O) groups is 2. The molecule has 2 heterocycles. The molecule has 0 radical (unpaired) electrons. The number of hydrogen-bond acceptors (Lipinski definition) is 5. The second-order valence-electron chi connectivity index (χ2n) is 7.66. The van der Waals surface area contributed by atoms with Crippen molar-refractivity contribution in [2.24, 2.45) is 5.92 Å². The van der Waals surface area contributed by atoms with Crippen molar-refractivity contribution < 1.29 is 14.3 Å². The topological polar surface area (TPSA) is 109 Å². The summed E-state index contributed by atoms with van der Waals surface area (Å²) in [7, 11) is 1.54. The van der Waals surface area contributed by atoms with E-state index < -0.39 is 12.3 Å². The van der Waals surface area contributed by atoms with Crippen LogP contribution in [0.5, 0.6) is 5.75 Å². The molecule has 4 N–H and O–H groups in total. The second-order valence-corrected chi connectivity index (χ2v) is 7.66. The smallest absolute Gasteiger partial charge is 0.324 e. The number of anilines is 2. The van der Waals surface area contributed by atoms with Gasteiger partial charge in [0, 0.05) is 17.7 Å². The van der Waals surface area contributed by atoms with E-state index >= 15 is 0 Å². The number of nitrogens with one attached hydrogen (secondary N) is 4. The third-order valence-corrected chi connectivity index (χ3v) is 5.51. The van der Waals surface area contributed by atoms with Crippen molar-refractivity contribution in [1.29, 1.82) is 0 Å². The summed E-state index contributed by atoms with van der Waals surface area (Å²) in [4.78, 5) is 25.2. The number of carbonyl (C=O) groups excluding carboxylic acids is 2. The quantitative estimate of drug-likeness (QED) is 0.492. The fourth-order valence-electron chi connectivity index (χ4n) is 3.51.